The van der Waals surface area contributed by atoms with E-state index in [2.05, 4.69) is 13.0 Å². The smallest absolute Gasteiger partial charge is 0.119 e. The van der Waals surface area contributed by atoms with E-state index in [-0.39, 0.29) is 0 Å². The summed E-state index contributed by atoms with van der Waals surface area (Å²) in [5.74, 6) is 0.898. The maximum absolute atomic E-state index is 5.56. The molecule has 14 heavy (non-hydrogen) atoms. The fourth-order valence-corrected chi connectivity index (χ4v) is 1.51. The first kappa shape index (κ1) is 9.53. The van der Waals surface area contributed by atoms with Gasteiger partial charge in [-0.2, -0.15) is 0 Å². The largest absolute Gasteiger partial charge is 0.491 e. The van der Waals surface area contributed by atoms with Gasteiger partial charge in [0.2, 0.25) is 0 Å². The lowest BCUT2D eigenvalue weighted by Gasteiger charge is -2.02. The molecule has 0 aliphatic carbocycles. The van der Waals surface area contributed by atoms with Gasteiger partial charge in [0.1, 0.15) is 18.5 Å². The summed E-state index contributed by atoms with van der Waals surface area (Å²) in [5.41, 5.74) is 0. The van der Waals surface area contributed by atoms with E-state index in [9.17, 15) is 0 Å². The topological polar surface area (TPSA) is 21.8 Å². The van der Waals surface area contributed by atoms with E-state index in [1.54, 1.807) is 0 Å². The Morgan fingerprint density at radius 2 is 2.14 bits per heavy atom. The van der Waals surface area contributed by atoms with Crippen molar-refractivity contribution in [2.75, 3.05) is 6.61 Å². The summed E-state index contributed by atoms with van der Waals surface area (Å²) in [4.78, 5) is 0. The summed E-state index contributed by atoms with van der Waals surface area (Å²) in [6.07, 6.45) is 3.09. The Labute approximate surface area is 84.8 Å². The van der Waals surface area contributed by atoms with Crippen LogP contribution in [0, 0.1) is 6.07 Å². The van der Waals surface area contributed by atoms with Crippen molar-refractivity contribution in [3.05, 3.63) is 30.3 Å². The molecule has 2 rings (SSSR count). The zero-order chi connectivity index (χ0) is 9.80. The Balaban J connectivity index is 1.70. The molecule has 2 nitrogen and oxygen atoms in total. The number of epoxide rings is 1. The van der Waals surface area contributed by atoms with Crippen molar-refractivity contribution in [3.63, 3.8) is 0 Å². The molecule has 0 spiro atoms. The van der Waals surface area contributed by atoms with E-state index < -0.39 is 0 Å². The van der Waals surface area contributed by atoms with Gasteiger partial charge in [0.05, 0.1) is 6.10 Å². The van der Waals surface area contributed by atoms with E-state index >= 15 is 0 Å². The molecule has 0 bridgehead atoms. The second-order valence-corrected chi connectivity index (χ2v) is 3.55. The summed E-state index contributed by atoms with van der Waals surface area (Å²) in [6, 6.07) is 10.5. The van der Waals surface area contributed by atoms with Crippen LogP contribution in [0.4, 0.5) is 0 Å². The van der Waals surface area contributed by atoms with Gasteiger partial charge in [0.25, 0.3) is 0 Å². The average molecular weight is 191 g/mol. The first-order valence-electron chi connectivity index (χ1n) is 5.14. The highest BCUT2D eigenvalue weighted by Crippen LogP contribution is 2.27. The molecule has 0 amide bonds. The predicted molar refractivity (Wildman–Crippen MR) is 54.3 cm³/mol. The minimum absolute atomic E-state index is 0.319. The Morgan fingerprint density at radius 1 is 1.36 bits per heavy atom. The average Bonchev–Trinajstić information content (AvgIpc) is 2.96. The monoisotopic (exact) mass is 191 g/mol. The first-order valence-corrected chi connectivity index (χ1v) is 5.14. The fraction of sp³-hybridized carbons (Fsp3) is 0.500. The Bertz CT molecular complexity index is 271. The minimum Gasteiger partial charge on any atom is -0.491 e. The van der Waals surface area contributed by atoms with Crippen LogP contribution in [0.1, 0.15) is 19.8 Å². The van der Waals surface area contributed by atoms with Gasteiger partial charge in [0.15, 0.2) is 0 Å². The number of rotatable bonds is 5. The fourth-order valence-electron chi connectivity index (χ4n) is 1.51. The Morgan fingerprint density at radius 3 is 2.86 bits per heavy atom. The van der Waals surface area contributed by atoms with Gasteiger partial charge >= 0.3 is 0 Å². The van der Waals surface area contributed by atoms with Crippen LogP contribution >= 0.6 is 0 Å². The van der Waals surface area contributed by atoms with Gasteiger partial charge in [-0.25, -0.2) is 0 Å². The molecule has 0 N–H and O–H groups in total. The molecule has 0 aromatic heterocycles. The third-order valence-electron chi connectivity index (χ3n) is 2.36. The number of benzene rings is 1. The molecule has 1 saturated heterocycles. The Kier molecular flexibility index (Phi) is 3.04. The number of hydrogen-bond donors (Lipinski definition) is 0. The molecule has 2 heteroatoms. The van der Waals surface area contributed by atoms with E-state index in [1.165, 1.54) is 6.42 Å². The van der Waals surface area contributed by atoms with Crippen molar-refractivity contribution in [3.8, 4) is 5.75 Å². The molecule has 1 aliphatic heterocycles. The first-order chi connectivity index (χ1) is 6.90. The second kappa shape index (κ2) is 4.47. The van der Waals surface area contributed by atoms with Crippen LogP contribution in [-0.4, -0.2) is 18.8 Å². The number of ether oxygens (including phenoxy) is 2. The van der Waals surface area contributed by atoms with Crippen molar-refractivity contribution in [2.24, 2.45) is 0 Å². The summed E-state index contributed by atoms with van der Waals surface area (Å²) < 4.78 is 11.0. The summed E-state index contributed by atoms with van der Waals surface area (Å²) in [7, 11) is 0. The molecule has 0 saturated carbocycles. The minimum atomic E-state index is 0.319. The zero-order valence-electron chi connectivity index (χ0n) is 8.40. The SMILES string of the molecule is CCC[C@@H]1O[C@H]1COc1cc[c]cc1. The van der Waals surface area contributed by atoms with Crippen LogP contribution in [-0.2, 0) is 4.74 Å². The lowest BCUT2D eigenvalue weighted by Crippen LogP contribution is -2.07. The highest BCUT2D eigenvalue weighted by Gasteiger charge is 2.38. The standard InChI is InChI=1S/C12H15O2/c1-2-6-11-12(14-11)9-13-10-7-4-3-5-8-10/h4-5,7-8,11-12H,2,6,9H2,1H3/t11-,12-/m0/s1. The van der Waals surface area contributed by atoms with Crippen LogP contribution in [0.3, 0.4) is 0 Å². The molecule has 0 unspecified atom stereocenters. The van der Waals surface area contributed by atoms with Gasteiger partial charge in [-0.3, -0.25) is 0 Å². The highest BCUT2D eigenvalue weighted by molar-refractivity contribution is 5.20. The molecule has 1 heterocycles. The molecule has 1 radical (unpaired) electrons. The summed E-state index contributed by atoms with van der Waals surface area (Å²) in [6.45, 7) is 2.85. The Hall–Kier alpha value is -1.02. The van der Waals surface area contributed by atoms with Crippen molar-refractivity contribution < 1.29 is 9.47 Å². The lowest BCUT2D eigenvalue weighted by atomic mass is 10.2. The molecule has 1 fully saturated rings. The van der Waals surface area contributed by atoms with Crippen LogP contribution in [0.25, 0.3) is 0 Å². The molecular formula is C12H15O2. The van der Waals surface area contributed by atoms with Crippen LogP contribution in [0.2, 0.25) is 0 Å². The van der Waals surface area contributed by atoms with Gasteiger partial charge in [-0.15, -0.1) is 0 Å². The van der Waals surface area contributed by atoms with E-state index in [4.69, 9.17) is 9.47 Å². The van der Waals surface area contributed by atoms with Crippen LogP contribution in [0.15, 0.2) is 24.3 Å². The van der Waals surface area contributed by atoms with Gasteiger partial charge in [0, 0.05) is 0 Å². The molecule has 75 valence electrons. The van der Waals surface area contributed by atoms with Gasteiger partial charge in [-0.1, -0.05) is 25.5 Å². The van der Waals surface area contributed by atoms with Gasteiger partial charge < -0.3 is 9.47 Å². The quantitative estimate of drug-likeness (QED) is 0.667. The third-order valence-corrected chi connectivity index (χ3v) is 2.36. The van der Waals surface area contributed by atoms with Crippen molar-refractivity contribution in [1.29, 1.82) is 0 Å². The normalized spacial score (nSPS) is 24.6. The van der Waals surface area contributed by atoms with Crippen molar-refractivity contribution in [1.82, 2.24) is 0 Å². The molecule has 1 aromatic carbocycles. The third kappa shape index (κ3) is 2.48. The van der Waals surface area contributed by atoms with E-state index in [1.807, 2.05) is 24.3 Å². The van der Waals surface area contributed by atoms with Crippen molar-refractivity contribution in [2.45, 2.75) is 32.0 Å². The molecular weight excluding hydrogens is 176 g/mol. The van der Waals surface area contributed by atoms with Crippen LogP contribution < -0.4 is 4.74 Å². The van der Waals surface area contributed by atoms with Gasteiger partial charge in [-0.05, 0) is 24.6 Å². The lowest BCUT2D eigenvalue weighted by molar-refractivity contribution is 0.259. The number of hydrogen-bond acceptors (Lipinski definition) is 2. The predicted octanol–water partition coefficient (Wildman–Crippen LogP) is 2.43. The molecule has 1 aromatic rings. The maximum atomic E-state index is 5.56. The maximum Gasteiger partial charge on any atom is 0.119 e. The van der Waals surface area contributed by atoms with E-state index in [0.717, 1.165) is 12.2 Å². The summed E-state index contributed by atoms with van der Waals surface area (Å²) >= 11 is 0. The second-order valence-electron chi connectivity index (χ2n) is 3.55. The van der Waals surface area contributed by atoms with E-state index in [0.29, 0.717) is 18.8 Å². The van der Waals surface area contributed by atoms with Crippen LogP contribution in [0.5, 0.6) is 5.75 Å². The highest BCUT2D eigenvalue weighted by atomic mass is 16.6. The zero-order valence-corrected chi connectivity index (χ0v) is 8.40. The van der Waals surface area contributed by atoms with Crippen molar-refractivity contribution >= 4 is 0 Å². The summed E-state index contributed by atoms with van der Waals surface area (Å²) in [5, 5.41) is 0. The molecule has 2 atom stereocenters. The molecule has 1 aliphatic rings.